The summed E-state index contributed by atoms with van der Waals surface area (Å²) in [5, 5.41) is 6.33. The smallest absolute Gasteiger partial charge is 0.266 e. The average Bonchev–Trinajstić information content (AvgIpc) is 3.47. The van der Waals surface area contributed by atoms with Crippen LogP contribution in [0.25, 0.3) is 0 Å². The van der Waals surface area contributed by atoms with Crippen molar-refractivity contribution in [3.05, 3.63) is 75.6 Å². The quantitative estimate of drug-likeness (QED) is 0.449. The normalized spacial score (nSPS) is 13.6. The van der Waals surface area contributed by atoms with Crippen molar-refractivity contribution in [3.8, 4) is 0 Å². The molecule has 0 saturated heterocycles. The SMILES string of the molecule is Cc1cc(NC(=O)c2ccccc2Cl)sc1C(=O)Nc1cccc(S(=O)(=O)NC2CC2)c1. The minimum atomic E-state index is -3.62. The summed E-state index contributed by atoms with van der Waals surface area (Å²) in [6.07, 6.45) is 1.67. The standard InChI is InChI=1S/C22H20ClN3O4S2/c1-13-11-19(25-21(27)17-7-2-3-8-18(17)23)31-20(13)22(28)24-15-5-4-6-16(12-15)32(29,30)26-14-9-10-14/h2-8,11-12,14,26H,9-10H2,1H3,(H,24,28)(H,25,27). The van der Waals surface area contributed by atoms with Gasteiger partial charge in [-0.2, -0.15) is 0 Å². The Morgan fingerprint density at radius 2 is 1.75 bits per heavy atom. The van der Waals surface area contributed by atoms with Gasteiger partial charge in [-0.05, 0) is 61.7 Å². The third-order valence-corrected chi connectivity index (χ3v) is 7.78. The van der Waals surface area contributed by atoms with E-state index in [2.05, 4.69) is 15.4 Å². The van der Waals surface area contributed by atoms with Crippen LogP contribution in [-0.4, -0.2) is 26.3 Å². The highest BCUT2D eigenvalue weighted by Gasteiger charge is 2.28. The molecule has 1 aliphatic rings. The van der Waals surface area contributed by atoms with Crippen LogP contribution in [0.3, 0.4) is 0 Å². The van der Waals surface area contributed by atoms with Crippen molar-refractivity contribution < 1.29 is 18.0 Å². The fourth-order valence-electron chi connectivity index (χ4n) is 3.01. The van der Waals surface area contributed by atoms with E-state index in [4.69, 9.17) is 11.6 Å². The minimum absolute atomic E-state index is 0.00795. The monoisotopic (exact) mass is 489 g/mol. The lowest BCUT2D eigenvalue weighted by atomic mass is 10.2. The Hall–Kier alpha value is -2.72. The molecule has 1 aromatic heterocycles. The van der Waals surface area contributed by atoms with Crippen LogP contribution >= 0.6 is 22.9 Å². The van der Waals surface area contributed by atoms with Crippen LogP contribution < -0.4 is 15.4 Å². The topological polar surface area (TPSA) is 104 Å². The molecule has 0 radical (unpaired) electrons. The molecule has 10 heteroatoms. The fourth-order valence-corrected chi connectivity index (χ4v) is 5.55. The largest absolute Gasteiger partial charge is 0.321 e. The highest BCUT2D eigenvalue weighted by Crippen LogP contribution is 2.29. The summed E-state index contributed by atoms with van der Waals surface area (Å²) < 4.78 is 27.5. The van der Waals surface area contributed by atoms with E-state index in [9.17, 15) is 18.0 Å². The van der Waals surface area contributed by atoms with E-state index < -0.39 is 15.9 Å². The molecular formula is C22H20ClN3O4S2. The summed E-state index contributed by atoms with van der Waals surface area (Å²) in [5.74, 6) is -0.764. The number of carbonyl (C=O) groups excluding carboxylic acids is 2. The van der Waals surface area contributed by atoms with Crippen LogP contribution in [0.1, 0.15) is 38.4 Å². The highest BCUT2D eigenvalue weighted by molar-refractivity contribution is 7.89. The van der Waals surface area contributed by atoms with E-state index in [1.807, 2.05) is 0 Å². The number of amides is 2. The van der Waals surface area contributed by atoms with Gasteiger partial charge in [0.1, 0.15) is 0 Å². The number of carbonyl (C=O) groups is 2. The zero-order valence-corrected chi connectivity index (χ0v) is 19.4. The number of rotatable bonds is 7. The van der Waals surface area contributed by atoms with Gasteiger partial charge in [-0.3, -0.25) is 9.59 Å². The number of halogens is 1. The van der Waals surface area contributed by atoms with Gasteiger partial charge in [-0.15, -0.1) is 11.3 Å². The molecule has 166 valence electrons. The number of anilines is 2. The molecule has 0 atom stereocenters. The lowest BCUT2D eigenvalue weighted by Crippen LogP contribution is -2.25. The van der Waals surface area contributed by atoms with Crippen molar-refractivity contribution in [2.75, 3.05) is 10.6 Å². The molecule has 4 rings (SSSR count). The molecule has 1 aliphatic carbocycles. The van der Waals surface area contributed by atoms with Gasteiger partial charge < -0.3 is 10.6 Å². The Bertz CT molecular complexity index is 1300. The van der Waals surface area contributed by atoms with Crippen LogP contribution in [0.15, 0.2) is 59.5 Å². The summed E-state index contributed by atoms with van der Waals surface area (Å²) in [6.45, 7) is 1.76. The van der Waals surface area contributed by atoms with Gasteiger partial charge >= 0.3 is 0 Å². The first-order valence-corrected chi connectivity index (χ1v) is 12.5. The highest BCUT2D eigenvalue weighted by atomic mass is 35.5. The molecule has 1 fully saturated rings. The number of hydrogen-bond donors (Lipinski definition) is 3. The molecule has 3 aromatic rings. The number of aryl methyl sites for hydroxylation is 1. The van der Waals surface area contributed by atoms with E-state index in [0.29, 0.717) is 31.7 Å². The maximum Gasteiger partial charge on any atom is 0.266 e. The van der Waals surface area contributed by atoms with Gasteiger partial charge in [-0.25, -0.2) is 13.1 Å². The van der Waals surface area contributed by atoms with Gasteiger partial charge in [-0.1, -0.05) is 29.8 Å². The lowest BCUT2D eigenvalue weighted by Gasteiger charge is -2.09. The van der Waals surface area contributed by atoms with Crippen LogP contribution in [0, 0.1) is 6.92 Å². The maximum absolute atomic E-state index is 12.8. The number of thiophene rings is 1. The van der Waals surface area contributed by atoms with Crippen LogP contribution in [-0.2, 0) is 10.0 Å². The van der Waals surface area contributed by atoms with E-state index in [0.717, 1.165) is 24.2 Å². The number of hydrogen-bond acceptors (Lipinski definition) is 5. The fraction of sp³-hybridized carbons (Fsp3) is 0.182. The van der Waals surface area contributed by atoms with Crippen LogP contribution in [0.4, 0.5) is 10.7 Å². The summed E-state index contributed by atoms with van der Waals surface area (Å²) in [5.41, 5.74) is 1.38. The van der Waals surface area contributed by atoms with Gasteiger partial charge in [0, 0.05) is 11.7 Å². The summed E-state index contributed by atoms with van der Waals surface area (Å²) in [7, 11) is -3.62. The zero-order valence-electron chi connectivity index (χ0n) is 17.0. The first kappa shape index (κ1) is 22.5. The zero-order chi connectivity index (χ0) is 22.9. The Morgan fingerprint density at radius 1 is 1.00 bits per heavy atom. The molecule has 2 amide bonds. The number of sulfonamides is 1. The Labute approximate surface area is 194 Å². The van der Waals surface area contributed by atoms with E-state index in [-0.39, 0.29) is 16.8 Å². The molecule has 32 heavy (non-hydrogen) atoms. The van der Waals surface area contributed by atoms with Crippen molar-refractivity contribution in [2.24, 2.45) is 0 Å². The minimum Gasteiger partial charge on any atom is -0.321 e. The van der Waals surface area contributed by atoms with Gasteiger partial charge in [0.05, 0.1) is 25.4 Å². The Morgan fingerprint density at radius 3 is 2.47 bits per heavy atom. The molecule has 0 bridgehead atoms. The molecule has 0 unspecified atom stereocenters. The van der Waals surface area contributed by atoms with E-state index >= 15 is 0 Å². The molecule has 0 aliphatic heterocycles. The molecular weight excluding hydrogens is 470 g/mol. The molecule has 7 nitrogen and oxygen atoms in total. The third kappa shape index (κ3) is 5.18. The Balaban J connectivity index is 1.47. The predicted octanol–water partition coefficient (Wildman–Crippen LogP) is 4.66. The second-order valence-corrected chi connectivity index (χ2v) is 10.6. The predicted molar refractivity (Wildman–Crippen MR) is 126 cm³/mol. The van der Waals surface area contributed by atoms with Crippen molar-refractivity contribution in [1.82, 2.24) is 4.72 Å². The second-order valence-electron chi connectivity index (χ2n) is 7.43. The van der Waals surface area contributed by atoms with E-state index in [1.165, 1.54) is 12.1 Å². The number of benzene rings is 2. The molecule has 0 spiro atoms. The van der Waals surface area contributed by atoms with Crippen LogP contribution in [0.5, 0.6) is 0 Å². The average molecular weight is 490 g/mol. The van der Waals surface area contributed by atoms with Crippen molar-refractivity contribution in [3.63, 3.8) is 0 Å². The molecule has 2 aromatic carbocycles. The third-order valence-electron chi connectivity index (χ3n) is 4.78. The van der Waals surface area contributed by atoms with E-state index in [1.54, 1.807) is 49.4 Å². The van der Waals surface area contributed by atoms with Crippen LogP contribution in [0.2, 0.25) is 5.02 Å². The lowest BCUT2D eigenvalue weighted by molar-refractivity contribution is 0.102. The Kier molecular flexibility index (Phi) is 6.34. The second kappa shape index (κ2) is 9.03. The summed E-state index contributed by atoms with van der Waals surface area (Å²) in [6, 6.07) is 14.5. The summed E-state index contributed by atoms with van der Waals surface area (Å²) >= 11 is 7.19. The van der Waals surface area contributed by atoms with Crippen molar-refractivity contribution >= 4 is 55.5 Å². The molecule has 1 heterocycles. The first-order valence-electron chi connectivity index (χ1n) is 9.83. The number of nitrogens with one attached hydrogen (secondary N) is 3. The van der Waals surface area contributed by atoms with Crippen molar-refractivity contribution in [2.45, 2.75) is 30.7 Å². The van der Waals surface area contributed by atoms with Crippen molar-refractivity contribution in [1.29, 1.82) is 0 Å². The van der Waals surface area contributed by atoms with Gasteiger partial charge in [0.25, 0.3) is 11.8 Å². The van der Waals surface area contributed by atoms with Gasteiger partial charge in [0.2, 0.25) is 10.0 Å². The van der Waals surface area contributed by atoms with Gasteiger partial charge in [0.15, 0.2) is 0 Å². The molecule has 1 saturated carbocycles. The molecule has 3 N–H and O–H groups in total. The maximum atomic E-state index is 12.8. The first-order chi connectivity index (χ1) is 15.2. The summed E-state index contributed by atoms with van der Waals surface area (Å²) in [4.78, 5) is 25.8.